The molecule has 0 rings (SSSR count). The Balaban J connectivity index is 0. The molecule has 0 saturated heterocycles. The fourth-order valence-electron chi connectivity index (χ4n) is 0. The van der Waals surface area contributed by atoms with Gasteiger partial charge in [-0.25, -0.2) is 0 Å². The largest absolute Gasteiger partial charge is 0.519 e. The van der Waals surface area contributed by atoms with Gasteiger partial charge in [-0.3, -0.25) is 0 Å². The number of aliphatic hydroxyl groups is 1. The highest BCUT2D eigenvalue weighted by atomic mass is 19.5. The fourth-order valence-corrected chi connectivity index (χ4v) is 0. The van der Waals surface area contributed by atoms with Crippen LogP contribution in [-0.2, 0) is 0 Å². The zero-order valence-corrected chi connectivity index (χ0v) is 5.35. The quantitative estimate of drug-likeness (QED) is 0.627. The molecule has 0 atom stereocenters. The third kappa shape index (κ3) is 14.2. The van der Waals surface area contributed by atoms with Crippen LogP contribution < -0.4 is 0 Å². The van der Waals surface area contributed by atoms with Crippen LogP contribution in [0.3, 0.4) is 0 Å². The van der Waals surface area contributed by atoms with Crippen LogP contribution in [0, 0.1) is 0 Å². The van der Waals surface area contributed by atoms with Gasteiger partial charge in [0.25, 0.3) is 0 Å². The maximum absolute atomic E-state index is 10.4. The summed E-state index contributed by atoms with van der Waals surface area (Å²) in [6.45, 7) is 0. The van der Waals surface area contributed by atoms with E-state index in [2.05, 4.69) is 0 Å². The summed E-state index contributed by atoms with van der Waals surface area (Å²) in [5.41, 5.74) is 0. The summed E-state index contributed by atoms with van der Waals surface area (Å²) in [6, 6.07) is 0. The van der Waals surface area contributed by atoms with Gasteiger partial charge in [0.2, 0.25) is 0 Å². The van der Waals surface area contributed by atoms with Crippen molar-refractivity contribution in [3.8, 4) is 0 Å². The van der Waals surface area contributed by atoms with E-state index < -0.39 is 18.7 Å². The summed E-state index contributed by atoms with van der Waals surface area (Å²) >= 11 is 0. The molecule has 0 aliphatic carbocycles. The van der Waals surface area contributed by atoms with Crippen LogP contribution in [0.5, 0.6) is 0 Å². The lowest BCUT2D eigenvalue weighted by atomic mass is 10.7. The van der Waals surface area contributed by atoms with E-state index in [9.17, 15) is 39.5 Å². The second-order valence-corrected chi connectivity index (χ2v) is 1.46. The third-order valence-electron chi connectivity index (χ3n) is 0.321. The number of hydrogen-bond acceptors (Lipinski definition) is 1. The predicted octanol–water partition coefficient (Wildman–Crippen LogP) is 2.61. The molecule has 0 aromatic carbocycles. The molecule has 0 saturated carbocycles. The molecule has 1 nitrogen and oxygen atoms in total. The molecule has 0 radical (unpaired) electrons. The summed E-state index contributed by atoms with van der Waals surface area (Å²) in [5, 5.41) is 6.52. The van der Waals surface area contributed by atoms with Gasteiger partial charge in [0.05, 0.1) is 0 Å². The van der Waals surface area contributed by atoms with Crippen molar-refractivity contribution < 1.29 is 44.6 Å². The van der Waals surface area contributed by atoms with Gasteiger partial charge in [-0.1, -0.05) is 0 Å². The van der Waals surface area contributed by atoms with Crippen molar-refractivity contribution in [3.05, 3.63) is 0 Å². The molecule has 0 amide bonds. The SMILES string of the molecule is FC(F)(F)C(F)(F)F.OC(F)(F)F. The second-order valence-electron chi connectivity index (χ2n) is 1.46. The van der Waals surface area contributed by atoms with Gasteiger partial charge in [0.15, 0.2) is 0 Å². The van der Waals surface area contributed by atoms with Crippen molar-refractivity contribution in [2.75, 3.05) is 0 Å². The molecule has 0 heterocycles. The Labute approximate surface area is 64.8 Å². The Hall–Kier alpha value is -0.670. The molecule has 0 unspecified atom stereocenters. The first-order chi connectivity index (χ1) is 5.25. The Morgan fingerprint density at radius 2 is 0.615 bits per heavy atom. The van der Waals surface area contributed by atoms with Gasteiger partial charge in [0, 0.05) is 0 Å². The van der Waals surface area contributed by atoms with Crippen LogP contribution in [0.1, 0.15) is 0 Å². The van der Waals surface area contributed by atoms with Crippen molar-refractivity contribution in [2.45, 2.75) is 18.7 Å². The van der Waals surface area contributed by atoms with Crippen LogP contribution in [-0.4, -0.2) is 23.8 Å². The van der Waals surface area contributed by atoms with Gasteiger partial charge in [0.1, 0.15) is 0 Å². The highest BCUT2D eigenvalue weighted by Crippen LogP contribution is 2.35. The van der Waals surface area contributed by atoms with Crippen molar-refractivity contribution in [3.63, 3.8) is 0 Å². The van der Waals surface area contributed by atoms with E-state index in [-0.39, 0.29) is 0 Å². The average Bonchev–Trinajstić information content (AvgIpc) is 1.50. The normalized spacial score (nSPS) is 13.4. The van der Waals surface area contributed by atoms with Gasteiger partial charge in [-0.05, 0) is 0 Å². The molecule has 0 bridgehead atoms. The van der Waals surface area contributed by atoms with E-state index in [1.807, 2.05) is 0 Å². The van der Waals surface area contributed by atoms with Crippen LogP contribution in [0.25, 0.3) is 0 Å². The summed E-state index contributed by atoms with van der Waals surface area (Å²) in [7, 11) is 0. The first kappa shape index (κ1) is 14.8. The Morgan fingerprint density at radius 3 is 0.615 bits per heavy atom. The van der Waals surface area contributed by atoms with Gasteiger partial charge in [-0.15, -0.1) is 13.2 Å². The lowest BCUT2D eigenvalue weighted by Gasteiger charge is -2.08. The number of alkyl halides is 9. The van der Waals surface area contributed by atoms with Gasteiger partial charge >= 0.3 is 18.7 Å². The molecule has 0 aliphatic heterocycles. The lowest BCUT2D eigenvalue weighted by molar-refractivity contribution is -0.339. The van der Waals surface area contributed by atoms with E-state index in [1.54, 1.807) is 0 Å². The Morgan fingerprint density at radius 1 is 0.538 bits per heavy atom. The van der Waals surface area contributed by atoms with Crippen molar-refractivity contribution in [2.24, 2.45) is 0 Å². The van der Waals surface area contributed by atoms with Crippen LogP contribution in [0.15, 0.2) is 0 Å². The van der Waals surface area contributed by atoms with Crippen molar-refractivity contribution >= 4 is 0 Å². The minimum atomic E-state index is -6.06. The van der Waals surface area contributed by atoms with E-state index >= 15 is 0 Å². The zero-order valence-electron chi connectivity index (χ0n) is 5.35. The predicted molar refractivity (Wildman–Crippen MR) is 20.4 cm³/mol. The smallest absolute Gasteiger partial charge is 0.308 e. The first-order valence-corrected chi connectivity index (χ1v) is 2.17. The molecule has 0 spiro atoms. The number of rotatable bonds is 0. The average molecular weight is 224 g/mol. The van der Waals surface area contributed by atoms with E-state index in [0.717, 1.165) is 0 Å². The molecule has 0 aromatic heterocycles. The third-order valence-corrected chi connectivity index (χ3v) is 0.321. The van der Waals surface area contributed by atoms with Crippen molar-refractivity contribution in [1.29, 1.82) is 0 Å². The highest BCUT2D eigenvalue weighted by molar-refractivity contribution is 4.59. The molecular weight excluding hydrogens is 223 g/mol. The lowest BCUT2D eigenvalue weighted by Crippen LogP contribution is -2.30. The molecule has 0 fully saturated rings. The Kier molecular flexibility index (Phi) is 4.59. The summed E-state index contributed by atoms with van der Waals surface area (Å²) in [6.07, 6.45) is -17.1. The van der Waals surface area contributed by atoms with E-state index in [1.165, 1.54) is 0 Å². The number of halogens is 9. The molecule has 10 heteroatoms. The van der Waals surface area contributed by atoms with E-state index in [0.29, 0.717) is 0 Å². The number of hydrogen-bond donors (Lipinski definition) is 1. The van der Waals surface area contributed by atoms with Crippen LogP contribution >= 0.6 is 0 Å². The summed E-state index contributed by atoms with van der Waals surface area (Å²) in [5.74, 6) is 0. The molecule has 0 aliphatic rings. The Bertz CT molecular complexity index is 118. The molecular formula is C3HF9O. The molecule has 82 valence electrons. The minimum absolute atomic E-state index is 5.00. The first-order valence-electron chi connectivity index (χ1n) is 2.17. The van der Waals surface area contributed by atoms with Crippen molar-refractivity contribution in [1.82, 2.24) is 0 Å². The molecule has 13 heavy (non-hydrogen) atoms. The van der Waals surface area contributed by atoms with Gasteiger partial charge in [-0.2, -0.15) is 26.3 Å². The summed E-state index contributed by atoms with van der Waals surface area (Å²) < 4.78 is 92.4. The van der Waals surface area contributed by atoms with E-state index in [4.69, 9.17) is 5.11 Å². The zero-order chi connectivity index (χ0) is 11.5. The minimum Gasteiger partial charge on any atom is -0.308 e. The van der Waals surface area contributed by atoms with Gasteiger partial charge < -0.3 is 5.11 Å². The van der Waals surface area contributed by atoms with Crippen LogP contribution in [0.4, 0.5) is 39.5 Å². The highest BCUT2D eigenvalue weighted by Gasteiger charge is 2.58. The standard InChI is InChI=1S/C2F6.CHF3O/c3-1(4,5)2(6,7)8;2-1(3,4)5/h;5H. The summed E-state index contributed by atoms with van der Waals surface area (Å²) in [4.78, 5) is 0. The topological polar surface area (TPSA) is 20.2 Å². The maximum Gasteiger partial charge on any atom is 0.519 e. The molecule has 0 aromatic rings. The second kappa shape index (κ2) is 4.03. The molecule has 1 N–H and O–H groups in total. The fraction of sp³-hybridized carbons (Fsp3) is 1.00. The monoisotopic (exact) mass is 224 g/mol. The maximum atomic E-state index is 10.4. The van der Waals surface area contributed by atoms with Crippen LogP contribution in [0.2, 0.25) is 0 Å².